The Kier molecular flexibility index (Phi) is 5.79. The topological polar surface area (TPSA) is 35.2 Å². The van der Waals surface area contributed by atoms with Gasteiger partial charge >= 0.3 is 0 Å². The van der Waals surface area contributed by atoms with Crippen molar-refractivity contribution in [2.24, 2.45) is 11.7 Å². The van der Waals surface area contributed by atoms with E-state index in [2.05, 4.69) is 13.8 Å². The minimum atomic E-state index is -0.0644. The molecule has 0 aliphatic carbocycles. The third-order valence-corrected chi connectivity index (χ3v) is 3.33. The van der Waals surface area contributed by atoms with Gasteiger partial charge in [-0.15, -0.1) is 0 Å². The highest BCUT2D eigenvalue weighted by molar-refractivity contribution is 6.30. The summed E-state index contributed by atoms with van der Waals surface area (Å²) in [5.74, 6) is 1.46. The summed E-state index contributed by atoms with van der Waals surface area (Å²) >= 11 is 5.97. The minimum Gasteiger partial charge on any atom is -0.493 e. The minimum absolute atomic E-state index is 0.0644. The number of nitrogens with two attached hydrogens (primary N) is 1. The Labute approximate surface area is 109 Å². The van der Waals surface area contributed by atoms with Crippen LogP contribution in [0.5, 0.6) is 5.75 Å². The molecule has 3 heteroatoms. The summed E-state index contributed by atoms with van der Waals surface area (Å²) < 4.78 is 5.86. The zero-order valence-corrected chi connectivity index (χ0v) is 11.6. The van der Waals surface area contributed by atoms with Crippen LogP contribution in [0.2, 0.25) is 5.02 Å². The molecular weight excluding hydrogens is 234 g/mol. The van der Waals surface area contributed by atoms with Crippen molar-refractivity contribution >= 4 is 11.6 Å². The van der Waals surface area contributed by atoms with E-state index in [-0.39, 0.29) is 6.04 Å². The number of hydrogen-bond acceptors (Lipinski definition) is 2. The van der Waals surface area contributed by atoms with Crippen LogP contribution in [0.15, 0.2) is 18.2 Å². The molecule has 2 nitrogen and oxygen atoms in total. The lowest BCUT2D eigenvalue weighted by Crippen LogP contribution is -2.13. The molecule has 0 unspecified atom stereocenters. The van der Waals surface area contributed by atoms with Crippen LogP contribution in [-0.2, 0) is 0 Å². The Hall–Kier alpha value is -0.730. The first-order valence-electron chi connectivity index (χ1n) is 6.26. The van der Waals surface area contributed by atoms with E-state index >= 15 is 0 Å². The van der Waals surface area contributed by atoms with Crippen molar-refractivity contribution < 1.29 is 4.74 Å². The third-order valence-electron chi connectivity index (χ3n) is 3.09. The van der Waals surface area contributed by atoms with Gasteiger partial charge in [-0.1, -0.05) is 38.3 Å². The molecule has 0 fully saturated rings. The summed E-state index contributed by atoms with van der Waals surface area (Å²) in [5.41, 5.74) is 6.89. The van der Waals surface area contributed by atoms with Gasteiger partial charge in [0.05, 0.1) is 6.61 Å². The van der Waals surface area contributed by atoms with Crippen molar-refractivity contribution in [3.05, 3.63) is 28.8 Å². The van der Waals surface area contributed by atoms with Crippen molar-refractivity contribution in [3.63, 3.8) is 0 Å². The van der Waals surface area contributed by atoms with Gasteiger partial charge in [-0.25, -0.2) is 0 Å². The van der Waals surface area contributed by atoms with Crippen LogP contribution in [0, 0.1) is 5.92 Å². The molecule has 0 spiro atoms. The summed E-state index contributed by atoms with van der Waals surface area (Å²) in [6.45, 7) is 7.06. The van der Waals surface area contributed by atoms with E-state index in [1.165, 1.54) is 0 Å². The number of ether oxygens (including phenoxy) is 1. The van der Waals surface area contributed by atoms with Gasteiger partial charge in [-0.05, 0) is 31.0 Å². The molecule has 0 aliphatic heterocycles. The Morgan fingerprint density at radius 2 is 1.94 bits per heavy atom. The Balaban J connectivity index is 2.76. The van der Waals surface area contributed by atoms with E-state index in [1.807, 2.05) is 25.1 Å². The molecular formula is C14H22ClNO. The molecule has 17 heavy (non-hydrogen) atoms. The fraction of sp³-hybridized carbons (Fsp3) is 0.571. The second-order valence-electron chi connectivity index (χ2n) is 4.46. The average Bonchev–Trinajstić information content (AvgIpc) is 2.31. The maximum Gasteiger partial charge on any atom is 0.124 e. The smallest absolute Gasteiger partial charge is 0.124 e. The van der Waals surface area contributed by atoms with Crippen LogP contribution >= 0.6 is 11.6 Å². The summed E-state index contributed by atoms with van der Waals surface area (Å²) in [6, 6.07) is 5.57. The summed E-state index contributed by atoms with van der Waals surface area (Å²) in [5, 5.41) is 0.701. The normalized spacial score (nSPS) is 12.8. The second-order valence-corrected chi connectivity index (χ2v) is 4.90. The van der Waals surface area contributed by atoms with Gasteiger partial charge in [0.25, 0.3) is 0 Å². The number of halogens is 1. The molecule has 0 radical (unpaired) electrons. The SMILES string of the molecule is CCC(CC)COc1ccc(Cl)cc1[C@H](C)N. The molecule has 0 saturated heterocycles. The highest BCUT2D eigenvalue weighted by Crippen LogP contribution is 2.28. The standard InChI is InChI=1S/C14H22ClNO/c1-4-11(5-2)9-17-14-7-6-12(15)8-13(14)10(3)16/h6-8,10-11H,4-5,9,16H2,1-3H3/t10-/m0/s1. The molecule has 96 valence electrons. The van der Waals surface area contributed by atoms with Crippen LogP contribution in [0.25, 0.3) is 0 Å². The maximum absolute atomic E-state index is 5.97. The van der Waals surface area contributed by atoms with E-state index in [1.54, 1.807) is 0 Å². The van der Waals surface area contributed by atoms with E-state index < -0.39 is 0 Å². The first kappa shape index (κ1) is 14.3. The van der Waals surface area contributed by atoms with E-state index in [0.29, 0.717) is 10.9 Å². The van der Waals surface area contributed by atoms with E-state index in [9.17, 15) is 0 Å². The average molecular weight is 256 g/mol. The van der Waals surface area contributed by atoms with Gasteiger partial charge in [0, 0.05) is 16.6 Å². The van der Waals surface area contributed by atoms with Gasteiger partial charge in [-0.3, -0.25) is 0 Å². The van der Waals surface area contributed by atoms with Crippen molar-refractivity contribution in [2.75, 3.05) is 6.61 Å². The molecule has 1 atom stereocenters. The predicted molar refractivity (Wildman–Crippen MR) is 73.6 cm³/mol. The summed E-state index contributed by atoms with van der Waals surface area (Å²) in [6.07, 6.45) is 2.27. The number of benzene rings is 1. The van der Waals surface area contributed by atoms with Crippen molar-refractivity contribution in [2.45, 2.75) is 39.7 Å². The van der Waals surface area contributed by atoms with E-state index in [4.69, 9.17) is 22.1 Å². The second kappa shape index (κ2) is 6.87. The quantitative estimate of drug-likeness (QED) is 0.828. The van der Waals surface area contributed by atoms with Gasteiger partial charge in [-0.2, -0.15) is 0 Å². The molecule has 0 aromatic heterocycles. The van der Waals surface area contributed by atoms with Crippen LogP contribution in [0.4, 0.5) is 0 Å². The largest absolute Gasteiger partial charge is 0.493 e. The Morgan fingerprint density at radius 3 is 2.47 bits per heavy atom. The zero-order chi connectivity index (χ0) is 12.8. The predicted octanol–water partition coefficient (Wildman–Crippen LogP) is 4.17. The van der Waals surface area contributed by atoms with Gasteiger partial charge in [0.2, 0.25) is 0 Å². The lowest BCUT2D eigenvalue weighted by atomic mass is 10.0. The van der Waals surface area contributed by atoms with Crippen molar-refractivity contribution in [3.8, 4) is 5.75 Å². The molecule has 0 heterocycles. The van der Waals surface area contributed by atoms with Crippen LogP contribution < -0.4 is 10.5 Å². The molecule has 2 N–H and O–H groups in total. The zero-order valence-electron chi connectivity index (χ0n) is 10.9. The number of rotatable bonds is 6. The fourth-order valence-electron chi connectivity index (χ4n) is 1.74. The maximum atomic E-state index is 5.97. The van der Waals surface area contributed by atoms with Gasteiger partial charge in [0.15, 0.2) is 0 Å². The molecule has 0 saturated carbocycles. The van der Waals surface area contributed by atoms with E-state index in [0.717, 1.165) is 30.8 Å². The third kappa shape index (κ3) is 4.21. The Bertz CT molecular complexity index is 348. The number of hydrogen-bond donors (Lipinski definition) is 1. The molecule has 0 aliphatic rings. The van der Waals surface area contributed by atoms with Crippen LogP contribution in [-0.4, -0.2) is 6.61 Å². The molecule has 1 rings (SSSR count). The van der Waals surface area contributed by atoms with Crippen molar-refractivity contribution in [1.29, 1.82) is 0 Å². The highest BCUT2D eigenvalue weighted by atomic mass is 35.5. The van der Waals surface area contributed by atoms with Crippen molar-refractivity contribution in [1.82, 2.24) is 0 Å². The Morgan fingerprint density at radius 1 is 1.29 bits per heavy atom. The molecule has 1 aromatic rings. The molecule has 0 amide bonds. The summed E-state index contributed by atoms with van der Waals surface area (Å²) in [4.78, 5) is 0. The van der Waals surface area contributed by atoms with Crippen LogP contribution in [0.3, 0.4) is 0 Å². The lowest BCUT2D eigenvalue weighted by Gasteiger charge is -2.18. The molecule has 1 aromatic carbocycles. The fourth-order valence-corrected chi connectivity index (χ4v) is 1.92. The summed E-state index contributed by atoms with van der Waals surface area (Å²) in [7, 11) is 0. The lowest BCUT2D eigenvalue weighted by molar-refractivity contribution is 0.238. The van der Waals surface area contributed by atoms with Gasteiger partial charge in [0.1, 0.15) is 5.75 Å². The first-order valence-corrected chi connectivity index (χ1v) is 6.64. The van der Waals surface area contributed by atoms with Gasteiger partial charge < -0.3 is 10.5 Å². The van der Waals surface area contributed by atoms with Crippen LogP contribution in [0.1, 0.15) is 45.2 Å². The highest BCUT2D eigenvalue weighted by Gasteiger charge is 2.11. The molecule has 0 bridgehead atoms. The first-order chi connectivity index (χ1) is 8.08. The monoisotopic (exact) mass is 255 g/mol.